The van der Waals surface area contributed by atoms with E-state index in [4.69, 9.17) is 11.6 Å². The van der Waals surface area contributed by atoms with Gasteiger partial charge in [0, 0.05) is 16.2 Å². The molecule has 1 aliphatic carbocycles. The van der Waals surface area contributed by atoms with Gasteiger partial charge in [0.25, 0.3) is 0 Å². The third kappa shape index (κ3) is 3.41. The average molecular weight is 318 g/mol. The number of halogens is 2. The second-order valence-electron chi connectivity index (χ2n) is 5.41. The van der Waals surface area contributed by atoms with Crippen LogP contribution in [-0.4, -0.2) is 22.0 Å². The molecule has 112 valence electrons. The average Bonchev–Trinajstić information content (AvgIpc) is 2.80. The molecule has 0 saturated heterocycles. The standard InChI is InChI=1S/C15H21ClFNOS/c1-3-8-18-14-6-7-15(10(14)2)20(19)11-4-5-13(17)12(16)9-11/h4-5,9-10,14-15,18H,3,6-8H2,1-2H3. The maximum Gasteiger partial charge on any atom is 0.141 e. The first-order valence-electron chi connectivity index (χ1n) is 7.13. The molecule has 20 heavy (non-hydrogen) atoms. The van der Waals surface area contributed by atoms with Crippen molar-refractivity contribution >= 4 is 22.4 Å². The van der Waals surface area contributed by atoms with E-state index in [1.54, 1.807) is 6.07 Å². The molecule has 1 fully saturated rings. The molecular formula is C15H21ClFNOS. The molecule has 5 heteroatoms. The molecule has 2 nitrogen and oxygen atoms in total. The van der Waals surface area contributed by atoms with Gasteiger partial charge in [-0.1, -0.05) is 25.4 Å². The maximum absolute atomic E-state index is 13.2. The van der Waals surface area contributed by atoms with Crippen molar-refractivity contribution in [1.29, 1.82) is 0 Å². The molecule has 0 heterocycles. The minimum absolute atomic E-state index is 0.0437. The maximum atomic E-state index is 13.2. The van der Waals surface area contributed by atoms with Gasteiger partial charge in [-0.3, -0.25) is 4.21 Å². The summed E-state index contributed by atoms with van der Waals surface area (Å²) < 4.78 is 25.8. The molecular weight excluding hydrogens is 297 g/mol. The van der Waals surface area contributed by atoms with Gasteiger partial charge in [0.1, 0.15) is 5.82 Å². The van der Waals surface area contributed by atoms with Gasteiger partial charge in [-0.25, -0.2) is 4.39 Å². The van der Waals surface area contributed by atoms with Crippen LogP contribution in [0.4, 0.5) is 4.39 Å². The molecule has 2 rings (SSSR count). The molecule has 1 aliphatic rings. The summed E-state index contributed by atoms with van der Waals surface area (Å²) in [7, 11) is -1.12. The van der Waals surface area contributed by atoms with Crippen LogP contribution in [0.1, 0.15) is 33.1 Å². The first-order chi connectivity index (χ1) is 9.54. The van der Waals surface area contributed by atoms with Crippen LogP contribution in [0.5, 0.6) is 0 Å². The summed E-state index contributed by atoms with van der Waals surface area (Å²) in [5, 5.41) is 3.68. The van der Waals surface area contributed by atoms with E-state index in [0.717, 1.165) is 25.8 Å². The van der Waals surface area contributed by atoms with Gasteiger partial charge in [-0.2, -0.15) is 0 Å². The van der Waals surface area contributed by atoms with E-state index in [0.29, 0.717) is 16.9 Å². The van der Waals surface area contributed by atoms with Crippen molar-refractivity contribution in [3.05, 3.63) is 29.0 Å². The summed E-state index contributed by atoms with van der Waals surface area (Å²) in [5.74, 6) is -0.111. The molecule has 1 saturated carbocycles. The lowest BCUT2D eigenvalue weighted by Crippen LogP contribution is -2.35. The van der Waals surface area contributed by atoms with E-state index >= 15 is 0 Å². The van der Waals surface area contributed by atoms with E-state index in [1.165, 1.54) is 12.1 Å². The molecule has 4 unspecified atom stereocenters. The molecule has 0 spiro atoms. The lowest BCUT2D eigenvalue weighted by atomic mass is 10.1. The minimum Gasteiger partial charge on any atom is -0.314 e. The molecule has 0 bridgehead atoms. The highest BCUT2D eigenvalue weighted by atomic mass is 35.5. The summed E-state index contributed by atoms with van der Waals surface area (Å²) in [6.45, 7) is 5.29. The molecule has 0 radical (unpaired) electrons. The zero-order valence-corrected chi connectivity index (χ0v) is 13.4. The van der Waals surface area contributed by atoms with Gasteiger partial charge in [0.2, 0.25) is 0 Å². The Morgan fingerprint density at radius 2 is 2.20 bits per heavy atom. The number of hydrogen-bond donors (Lipinski definition) is 1. The van der Waals surface area contributed by atoms with Crippen LogP contribution in [0.25, 0.3) is 0 Å². The summed E-state index contributed by atoms with van der Waals surface area (Å²) in [6, 6.07) is 4.80. The van der Waals surface area contributed by atoms with Crippen LogP contribution in [0.3, 0.4) is 0 Å². The highest BCUT2D eigenvalue weighted by molar-refractivity contribution is 7.85. The summed E-state index contributed by atoms with van der Waals surface area (Å²) in [6.07, 6.45) is 3.08. The van der Waals surface area contributed by atoms with E-state index in [9.17, 15) is 8.60 Å². The normalized spacial score (nSPS) is 27.7. The third-order valence-electron chi connectivity index (χ3n) is 4.04. The Balaban J connectivity index is 2.08. The molecule has 1 aromatic rings. The predicted octanol–water partition coefficient (Wildman–Crippen LogP) is 3.75. The SMILES string of the molecule is CCCNC1CCC(S(=O)c2ccc(F)c(Cl)c2)C1C. The first-order valence-corrected chi connectivity index (χ1v) is 8.72. The third-order valence-corrected chi connectivity index (χ3v) is 6.26. The summed E-state index contributed by atoms with van der Waals surface area (Å²) >= 11 is 5.78. The fraction of sp³-hybridized carbons (Fsp3) is 0.600. The van der Waals surface area contributed by atoms with Crippen LogP contribution in [0, 0.1) is 11.7 Å². The van der Waals surface area contributed by atoms with E-state index in [2.05, 4.69) is 19.2 Å². The van der Waals surface area contributed by atoms with Gasteiger partial charge in [-0.15, -0.1) is 0 Å². The van der Waals surface area contributed by atoms with Crippen molar-refractivity contribution in [2.24, 2.45) is 5.92 Å². The van der Waals surface area contributed by atoms with Crippen molar-refractivity contribution in [2.75, 3.05) is 6.54 Å². The zero-order chi connectivity index (χ0) is 14.7. The Labute approximate surface area is 127 Å². The van der Waals surface area contributed by atoms with Gasteiger partial charge in [0.05, 0.1) is 15.8 Å². The van der Waals surface area contributed by atoms with Crippen molar-refractivity contribution in [1.82, 2.24) is 5.32 Å². The topological polar surface area (TPSA) is 29.1 Å². The van der Waals surface area contributed by atoms with E-state index < -0.39 is 16.6 Å². The van der Waals surface area contributed by atoms with Crippen LogP contribution in [0.15, 0.2) is 23.1 Å². The Hall–Kier alpha value is -0.450. The predicted molar refractivity (Wildman–Crippen MR) is 82.1 cm³/mol. The van der Waals surface area contributed by atoms with Gasteiger partial charge >= 0.3 is 0 Å². The Kier molecular flexibility index (Phi) is 5.58. The van der Waals surface area contributed by atoms with Crippen molar-refractivity contribution < 1.29 is 8.60 Å². The highest BCUT2D eigenvalue weighted by Gasteiger charge is 2.36. The van der Waals surface area contributed by atoms with Gasteiger partial charge in [0.15, 0.2) is 0 Å². The Morgan fingerprint density at radius 1 is 1.45 bits per heavy atom. The van der Waals surface area contributed by atoms with Crippen molar-refractivity contribution in [3.8, 4) is 0 Å². The molecule has 1 N–H and O–H groups in total. The van der Waals surface area contributed by atoms with Gasteiger partial charge < -0.3 is 5.32 Å². The quantitative estimate of drug-likeness (QED) is 0.896. The molecule has 1 aromatic carbocycles. The minimum atomic E-state index is -1.12. The number of benzene rings is 1. The van der Waals surface area contributed by atoms with Crippen LogP contribution in [0.2, 0.25) is 5.02 Å². The van der Waals surface area contributed by atoms with Crippen molar-refractivity contribution in [2.45, 2.75) is 49.3 Å². The smallest absolute Gasteiger partial charge is 0.141 e. The Bertz CT molecular complexity index is 497. The second kappa shape index (κ2) is 7.01. The summed E-state index contributed by atoms with van der Waals surface area (Å²) in [4.78, 5) is 0.629. The number of rotatable bonds is 5. The van der Waals surface area contributed by atoms with Crippen LogP contribution >= 0.6 is 11.6 Å². The highest BCUT2D eigenvalue weighted by Crippen LogP contribution is 2.33. The molecule has 0 aliphatic heterocycles. The molecule has 0 amide bonds. The lowest BCUT2D eigenvalue weighted by molar-refractivity contribution is 0.429. The van der Waals surface area contributed by atoms with Crippen LogP contribution in [-0.2, 0) is 10.8 Å². The number of nitrogens with one attached hydrogen (secondary N) is 1. The monoisotopic (exact) mass is 317 g/mol. The van der Waals surface area contributed by atoms with Crippen molar-refractivity contribution in [3.63, 3.8) is 0 Å². The largest absolute Gasteiger partial charge is 0.314 e. The molecule has 0 aromatic heterocycles. The van der Waals surface area contributed by atoms with E-state index in [1.807, 2.05) is 0 Å². The molecule has 4 atom stereocenters. The Morgan fingerprint density at radius 3 is 2.85 bits per heavy atom. The summed E-state index contributed by atoms with van der Waals surface area (Å²) in [5.41, 5.74) is 0. The van der Waals surface area contributed by atoms with E-state index in [-0.39, 0.29) is 10.3 Å². The fourth-order valence-electron chi connectivity index (χ4n) is 2.83. The zero-order valence-electron chi connectivity index (χ0n) is 11.9. The first kappa shape index (κ1) is 15.9. The van der Waals surface area contributed by atoms with Gasteiger partial charge in [-0.05, 0) is 49.9 Å². The lowest BCUT2D eigenvalue weighted by Gasteiger charge is -2.21. The number of hydrogen-bond acceptors (Lipinski definition) is 2. The fourth-order valence-corrected chi connectivity index (χ4v) is 4.79. The second-order valence-corrected chi connectivity index (χ2v) is 7.49. The van der Waals surface area contributed by atoms with Crippen LogP contribution < -0.4 is 5.32 Å².